The smallest absolute Gasteiger partial charge is 0.322 e. The van der Waals surface area contributed by atoms with Crippen molar-refractivity contribution < 1.29 is 9.18 Å². The molecule has 6 heteroatoms. The molecule has 0 bridgehead atoms. The number of nitrogens with zero attached hydrogens (tertiary/aromatic N) is 3. The zero-order valence-electron chi connectivity index (χ0n) is 15.4. The number of para-hydroxylation sites is 1. The second kappa shape index (κ2) is 7.31. The van der Waals surface area contributed by atoms with Gasteiger partial charge in [-0.3, -0.25) is 0 Å². The zero-order valence-corrected chi connectivity index (χ0v) is 15.4. The molecule has 0 unspecified atom stereocenters. The molecular formula is C21H23FN4O. The van der Waals surface area contributed by atoms with Crippen LogP contribution < -0.4 is 10.2 Å². The summed E-state index contributed by atoms with van der Waals surface area (Å²) >= 11 is 0. The molecule has 1 fully saturated rings. The molecule has 1 aliphatic heterocycles. The second-order valence-corrected chi connectivity index (χ2v) is 6.73. The van der Waals surface area contributed by atoms with E-state index in [-0.39, 0.29) is 11.8 Å². The van der Waals surface area contributed by atoms with Gasteiger partial charge in [0.2, 0.25) is 0 Å². The Labute approximate surface area is 158 Å². The Kier molecular flexibility index (Phi) is 4.71. The van der Waals surface area contributed by atoms with Gasteiger partial charge < -0.3 is 19.7 Å². The highest BCUT2D eigenvalue weighted by Crippen LogP contribution is 2.26. The summed E-state index contributed by atoms with van der Waals surface area (Å²) in [6, 6.07) is 14.5. The highest BCUT2D eigenvalue weighted by Gasteiger charge is 2.22. The number of carbonyl (C=O) groups is 1. The Bertz CT molecular complexity index is 942. The van der Waals surface area contributed by atoms with E-state index in [1.807, 2.05) is 29.3 Å². The molecule has 4 rings (SSSR count). The summed E-state index contributed by atoms with van der Waals surface area (Å²) < 4.78 is 15.2. The largest absolute Gasteiger partial charge is 0.368 e. The van der Waals surface area contributed by atoms with Gasteiger partial charge in [0.05, 0.1) is 11.2 Å². The Morgan fingerprint density at radius 3 is 2.44 bits per heavy atom. The zero-order chi connectivity index (χ0) is 18.8. The highest BCUT2D eigenvalue weighted by atomic mass is 19.1. The molecule has 0 radical (unpaired) electrons. The van der Waals surface area contributed by atoms with Crippen LogP contribution in [0.2, 0.25) is 0 Å². The first-order valence-corrected chi connectivity index (χ1v) is 9.30. The molecule has 1 N–H and O–H groups in total. The quantitative estimate of drug-likeness (QED) is 0.756. The number of aromatic nitrogens is 1. The summed E-state index contributed by atoms with van der Waals surface area (Å²) in [6.45, 7) is 5.68. The summed E-state index contributed by atoms with van der Waals surface area (Å²) in [7, 11) is 0. The van der Waals surface area contributed by atoms with Crippen molar-refractivity contribution in [2.45, 2.75) is 13.5 Å². The molecular weight excluding hydrogens is 343 g/mol. The number of benzene rings is 2. The van der Waals surface area contributed by atoms with Gasteiger partial charge in [0.1, 0.15) is 5.82 Å². The minimum atomic E-state index is -0.233. The molecule has 2 aromatic carbocycles. The molecule has 2 heterocycles. The van der Waals surface area contributed by atoms with Crippen molar-refractivity contribution in [3.8, 4) is 0 Å². The minimum Gasteiger partial charge on any atom is -0.368 e. The predicted octanol–water partition coefficient (Wildman–Crippen LogP) is 4.15. The van der Waals surface area contributed by atoms with Gasteiger partial charge in [0.15, 0.2) is 0 Å². The van der Waals surface area contributed by atoms with Crippen LogP contribution in [0.4, 0.5) is 20.6 Å². The second-order valence-electron chi connectivity index (χ2n) is 6.73. The molecule has 27 heavy (non-hydrogen) atoms. The number of nitrogens with one attached hydrogen (secondary N) is 1. The number of amides is 2. The summed E-state index contributed by atoms with van der Waals surface area (Å²) in [4.78, 5) is 16.7. The Morgan fingerprint density at radius 1 is 1.04 bits per heavy atom. The van der Waals surface area contributed by atoms with E-state index in [4.69, 9.17) is 0 Å². The van der Waals surface area contributed by atoms with E-state index in [0.717, 1.165) is 41.9 Å². The van der Waals surface area contributed by atoms with Gasteiger partial charge in [-0.2, -0.15) is 0 Å². The molecule has 5 nitrogen and oxygen atoms in total. The van der Waals surface area contributed by atoms with Gasteiger partial charge in [-0.15, -0.1) is 0 Å². The van der Waals surface area contributed by atoms with Gasteiger partial charge in [0.25, 0.3) is 0 Å². The Balaban J connectivity index is 1.42. The van der Waals surface area contributed by atoms with E-state index in [1.54, 1.807) is 12.1 Å². The highest BCUT2D eigenvalue weighted by molar-refractivity contribution is 6.01. The molecule has 0 saturated carbocycles. The van der Waals surface area contributed by atoms with Gasteiger partial charge in [0, 0.05) is 50.0 Å². The minimum absolute atomic E-state index is 0.0761. The number of hydrogen-bond acceptors (Lipinski definition) is 2. The van der Waals surface area contributed by atoms with Crippen LogP contribution in [0.25, 0.3) is 10.9 Å². The molecule has 1 aromatic heterocycles. The third-order valence-corrected chi connectivity index (χ3v) is 5.13. The van der Waals surface area contributed by atoms with E-state index in [2.05, 4.69) is 27.8 Å². The van der Waals surface area contributed by atoms with Crippen molar-refractivity contribution in [2.75, 3.05) is 36.4 Å². The van der Waals surface area contributed by atoms with Crippen LogP contribution in [0.1, 0.15) is 6.92 Å². The van der Waals surface area contributed by atoms with Crippen molar-refractivity contribution in [1.29, 1.82) is 0 Å². The lowest BCUT2D eigenvalue weighted by atomic mass is 10.2. The molecule has 0 atom stereocenters. The van der Waals surface area contributed by atoms with Crippen molar-refractivity contribution in [1.82, 2.24) is 9.47 Å². The number of fused-ring (bicyclic) bond motifs is 1. The lowest BCUT2D eigenvalue weighted by Gasteiger charge is -2.36. The van der Waals surface area contributed by atoms with Crippen LogP contribution in [0, 0.1) is 5.82 Å². The van der Waals surface area contributed by atoms with E-state index in [9.17, 15) is 9.18 Å². The van der Waals surface area contributed by atoms with Crippen molar-refractivity contribution in [2.24, 2.45) is 0 Å². The van der Waals surface area contributed by atoms with Crippen LogP contribution in [-0.2, 0) is 6.54 Å². The first-order valence-electron chi connectivity index (χ1n) is 9.30. The summed E-state index contributed by atoms with van der Waals surface area (Å²) in [5.41, 5.74) is 2.96. The van der Waals surface area contributed by atoms with E-state index in [1.165, 1.54) is 12.1 Å². The van der Waals surface area contributed by atoms with Gasteiger partial charge in [-0.1, -0.05) is 18.2 Å². The van der Waals surface area contributed by atoms with Crippen LogP contribution in [0.15, 0.2) is 54.7 Å². The molecule has 140 valence electrons. The average Bonchev–Trinajstić information content (AvgIpc) is 3.06. The van der Waals surface area contributed by atoms with E-state index >= 15 is 0 Å². The predicted molar refractivity (Wildman–Crippen MR) is 107 cm³/mol. The maximum Gasteiger partial charge on any atom is 0.322 e. The van der Waals surface area contributed by atoms with Crippen LogP contribution in [0.3, 0.4) is 0 Å². The van der Waals surface area contributed by atoms with Crippen molar-refractivity contribution in [3.05, 3.63) is 60.5 Å². The average molecular weight is 366 g/mol. The molecule has 0 aliphatic carbocycles. The Morgan fingerprint density at radius 2 is 1.74 bits per heavy atom. The summed E-state index contributed by atoms with van der Waals surface area (Å²) in [6.07, 6.45) is 2.00. The molecule has 2 amide bonds. The van der Waals surface area contributed by atoms with Gasteiger partial charge in [-0.25, -0.2) is 9.18 Å². The summed E-state index contributed by atoms with van der Waals surface area (Å²) in [5, 5.41) is 4.12. The number of halogens is 1. The normalized spacial score (nSPS) is 14.6. The number of urea groups is 1. The monoisotopic (exact) mass is 366 g/mol. The maximum atomic E-state index is 13.1. The maximum absolute atomic E-state index is 13.1. The third-order valence-electron chi connectivity index (χ3n) is 5.13. The topological polar surface area (TPSA) is 40.5 Å². The van der Waals surface area contributed by atoms with Crippen LogP contribution in [0.5, 0.6) is 0 Å². The molecule has 1 aliphatic rings. The lowest BCUT2D eigenvalue weighted by molar-refractivity contribution is 0.208. The number of aryl methyl sites for hydroxylation is 1. The molecule has 3 aromatic rings. The fourth-order valence-corrected chi connectivity index (χ4v) is 3.62. The number of anilines is 2. The van der Waals surface area contributed by atoms with Crippen molar-refractivity contribution in [3.63, 3.8) is 0 Å². The fourth-order valence-electron chi connectivity index (χ4n) is 3.62. The van der Waals surface area contributed by atoms with Gasteiger partial charge >= 0.3 is 6.03 Å². The molecule has 1 saturated heterocycles. The standard InChI is InChI=1S/C21H23FN4O/c1-2-24-15-19(18-5-3-4-6-20(18)24)23-21(27)26-13-11-25(12-14-26)17-9-7-16(22)8-10-17/h3-10,15H,2,11-14H2,1H3,(H,23,27). The summed E-state index contributed by atoms with van der Waals surface area (Å²) in [5.74, 6) is -0.233. The van der Waals surface area contributed by atoms with Crippen LogP contribution >= 0.6 is 0 Å². The fraction of sp³-hybridized carbons (Fsp3) is 0.286. The van der Waals surface area contributed by atoms with Gasteiger partial charge in [-0.05, 0) is 37.3 Å². The van der Waals surface area contributed by atoms with E-state index < -0.39 is 0 Å². The number of carbonyl (C=O) groups excluding carboxylic acids is 1. The number of rotatable bonds is 3. The first kappa shape index (κ1) is 17.4. The third kappa shape index (κ3) is 3.47. The Hall–Kier alpha value is -3.02. The number of piperazine rings is 1. The molecule has 0 spiro atoms. The SMILES string of the molecule is CCn1cc(NC(=O)N2CCN(c3ccc(F)cc3)CC2)c2ccccc21. The van der Waals surface area contributed by atoms with Crippen molar-refractivity contribution >= 4 is 28.3 Å². The first-order chi connectivity index (χ1) is 13.2. The van der Waals surface area contributed by atoms with Crippen LogP contribution in [-0.4, -0.2) is 41.7 Å². The number of hydrogen-bond donors (Lipinski definition) is 1. The lowest BCUT2D eigenvalue weighted by Crippen LogP contribution is -2.50. The van der Waals surface area contributed by atoms with E-state index in [0.29, 0.717) is 13.1 Å².